The number of benzene rings is 8. The zero-order valence-corrected chi connectivity index (χ0v) is 35.0. The van der Waals surface area contributed by atoms with Gasteiger partial charge in [0.1, 0.15) is 0 Å². The Balaban J connectivity index is 0.000000140. The van der Waals surface area contributed by atoms with Gasteiger partial charge in [-0.1, -0.05) is 134 Å². The van der Waals surface area contributed by atoms with Crippen LogP contribution in [0.25, 0.3) is 86.9 Å². The Hall–Kier alpha value is -4.88. The Bertz CT molecular complexity index is 2750. The van der Waals surface area contributed by atoms with Crippen molar-refractivity contribution >= 4 is 70.1 Å². The third kappa shape index (κ3) is 7.06. The summed E-state index contributed by atoms with van der Waals surface area (Å²) in [6.07, 6.45) is 2.15. The van der Waals surface area contributed by atoms with E-state index in [1.165, 1.54) is 98.0 Å². The van der Waals surface area contributed by atoms with Crippen molar-refractivity contribution in [3.05, 3.63) is 181 Å². The molecule has 10 rings (SSSR count). The van der Waals surface area contributed by atoms with Crippen molar-refractivity contribution in [2.45, 2.75) is 39.8 Å². The van der Waals surface area contributed by atoms with Gasteiger partial charge in [-0.05, 0) is 79.2 Å². The summed E-state index contributed by atoms with van der Waals surface area (Å²) in [4.78, 5) is 0. The first-order chi connectivity index (χ1) is 26.4. The van der Waals surface area contributed by atoms with Crippen molar-refractivity contribution in [2.75, 3.05) is 0 Å². The van der Waals surface area contributed by atoms with Crippen LogP contribution in [0, 0.1) is 0 Å². The van der Waals surface area contributed by atoms with Crippen molar-refractivity contribution in [3.63, 3.8) is 0 Å². The summed E-state index contributed by atoms with van der Waals surface area (Å²) >= 11 is 1.74. The van der Waals surface area contributed by atoms with E-state index in [4.69, 9.17) is 0 Å². The Morgan fingerprint density at radius 3 is 1.13 bits per heavy atom. The Morgan fingerprint density at radius 1 is 0.389 bits per heavy atom. The number of hydrogen-bond acceptors (Lipinski definition) is 0. The molecule has 0 aliphatic rings. The van der Waals surface area contributed by atoms with Gasteiger partial charge in [0.25, 0.3) is 0 Å². The first kappa shape index (κ1) is 36.1. The molecule has 0 aliphatic heterocycles. The zero-order valence-electron chi connectivity index (χ0n) is 31.6. The molecule has 0 fully saturated rings. The van der Waals surface area contributed by atoms with Gasteiger partial charge in [-0.2, -0.15) is 12.1 Å². The molecule has 0 aromatic heterocycles. The minimum atomic E-state index is 0.210. The number of hydrogen-bond donors (Lipinski definition) is 0. The van der Waals surface area contributed by atoms with E-state index in [1.54, 1.807) is 23.3 Å². The Morgan fingerprint density at radius 2 is 0.741 bits per heavy atom. The maximum absolute atomic E-state index is 2.36. The van der Waals surface area contributed by atoms with Crippen molar-refractivity contribution in [1.82, 2.24) is 0 Å². The van der Waals surface area contributed by atoms with E-state index in [-0.39, 0.29) is 5.43 Å². The van der Waals surface area contributed by atoms with E-state index < -0.39 is 0 Å². The van der Waals surface area contributed by atoms with Crippen LogP contribution < -0.4 is 0 Å². The normalized spacial score (nSPS) is 11.2. The van der Waals surface area contributed by atoms with Crippen molar-refractivity contribution in [1.29, 1.82) is 0 Å². The van der Waals surface area contributed by atoms with E-state index in [1.807, 2.05) is 0 Å². The summed E-state index contributed by atoms with van der Waals surface area (Å²) in [6, 6.07) is 62.3. The van der Waals surface area contributed by atoms with Crippen molar-refractivity contribution < 1.29 is 23.3 Å². The summed E-state index contributed by atoms with van der Waals surface area (Å²) in [7, 11) is 0. The second kappa shape index (κ2) is 15.8. The fourth-order valence-electron chi connectivity index (χ4n) is 8.03. The number of fused-ring (bicyclic) bond motifs is 8. The Kier molecular flexibility index (Phi) is 10.6. The summed E-state index contributed by atoms with van der Waals surface area (Å²) in [5.74, 6) is 0. The van der Waals surface area contributed by atoms with Gasteiger partial charge in [-0.25, -0.2) is 0 Å². The summed E-state index contributed by atoms with van der Waals surface area (Å²) in [5.41, 5.74) is 8.35. The van der Waals surface area contributed by atoms with Crippen LogP contribution in [0.2, 0.25) is 13.1 Å². The van der Waals surface area contributed by atoms with Crippen LogP contribution in [-0.4, -0.2) is 5.43 Å². The summed E-state index contributed by atoms with van der Waals surface area (Å²) in [6.45, 7) is 9.06. The molecule has 0 spiro atoms. The molecule has 54 heavy (non-hydrogen) atoms. The standard InChI is InChI=1S/2C25H19.C2H6Si.Zr/c2*1-2-17-14-18-9-7-13-23(24(18)15-17)25-16-19-8-3-4-10-20(19)21-11-5-6-12-22(21)25;1-3-2;/h2*3-16H,2H2,1H3;1-2H3;/q2*-1;;+2. The van der Waals surface area contributed by atoms with Gasteiger partial charge in [-0.15, -0.1) is 69.1 Å². The average Bonchev–Trinajstić information content (AvgIpc) is 3.85. The second-order valence-corrected chi connectivity index (χ2v) is 23.8. The van der Waals surface area contributed by atoms with Crippen molar-refractivity contribution in [3.8, 4) is 22.3 Å². The van der Waals surface area contributed by atoms with E-state index in [2.05, 4.69) is 197 Å². The SMILES string of the molecule is CCc1cc2c(-c3cc4ccccc4c4ccccc34)cccc2[cH-]1.CCc1cc2c(-c3cc4ccccc4c4ccccc34)cccc2[cH-]1.C[Si](C)=[Zr+2]. The zero-order chi connectivity index (χ0) is 37.2. The predicted octanol–water partition coefficient (Wildman–Crippen LogP) is 15.0. The topological polar surface area (TPSA) is 0 Å². The maximum atomic E-state index is 2.36. The van der Waals surface area contributed by atoms with Gasteiger partial charge >= 0.3 is 41.9 Å². The van der Waals surface area contributed by atoms with Crippen LogP contribution in [0.5, 0.6) is 0 Å². The van der Waals surface area contributed by atoms with Crippen LogP contribution in [0.3, 0.4) is 0 Å². The number of aryl methyl sites for hydroxylation is 2. The second-order valence-electron chi connectivity index (χ2n) is 14.4. The molecule has 0 aliphatic carbocycles. The van der Waals surface area contributed by atoms with Crippen LogP contribution in [-0.2, 0) is 36.2 Å². The molecule has 0 atom stereocenters. The molecule has 0 saturated carbocycles. The van der Waals surface area contributed by atoms with E-state index in [0.29, 0.717) is 0 Å². The third-order valence-electron chi connectivity index (χ3n) is 10.6. The molecular weight excluding hydrogens is 744 g/mol. The monoisotopic (exact) mass is 786 g/mol. The predicted molar refractivity (Wildman–Crippen MR) is 236 cm³/mol. The molecule has 0 nitrogen and oxygen atoms in total. The van der Waals surface area contributed by atoms with Gasteiger partial charge < -0.3 is 0 Å². The van der Waals surface area contributed by atoms with Crippen LogP contribution >= 0.6 is 0 Å². The first-order valence-electron chi connectivity index (χ1n) is 19.1. The van der Waals surface area contributed by atoms with E-state index >= 15 is 0 Å². The fraction of sp³-hybridized carbons (Fsp3) is 0.115. The summed E-state index contributed by atoms with van der Waals surface area (Å²) < 4.78 is 0. The van der Waals surface area contributed by atoms with Gasteiger partial charge in [-0.3, -0.25) is 0 Å². The van der Waals surface area contributed by atoms with Gasteiger partial charge in [0.05, 0.1) is 0 Å². The quantitative estimate of drug-likeness (QED) is 0.0947. The van der Waals surface area contributed by atoms with Gasteiger partial charge in [0, 0.05) is 0 Å². The molecule has 10 aromatic rings. The molecule has 0 unspecified atom stereocenters. The fourth-order valence-corrected chi connectivity index (χ4v) is 8.03. The molecule has 0 heterocycles. The van der Waals surface area contributed by atoms with E-state index in [9.17, 15) is 0 Å². The third-order valence-corrected chi connectivity index (χ3v) is 10.6. The van der Waals surface area contributed by atoms with Crippen LogP contribution in [0.4, 0.5) is 0 Å². The summed E-state index contributed by atoms with van der Waals surface area (Å²) in [5, 5.41) is 16.0. The van der Waals surface area contributed by atoms with Crippen LogP contribution in [0.1, 0.15) is 25.0 Å². The first-order valence-corrected chi connectivity index (χ1v) is 25.3. The molecular formula is C52H44SiZr. The molecule has 0 N–H and O–H groups in total. The molecule has 2 heteroatoms. The van der Waals surface area contributed by atoms with Gasteiger partial charge in [0.2, 0.25) is 0 Å². The van der Waals surface area contributed by atoms with Crippen LogP contribution in [0.15, 0.2) is 170 Å². The minimum absolute atomic E-state index is 0.210. The molecule has 10 aromatic carbocycles. The van der Waals surface area contributed by atoms with Gasteiger partial charge in [0.15, 0.2) is 0 Å². The molecule has 0 bridgehead atoms. The molecule has 0 saturated heterocycles. The van der Waals surface area contributed by atoms with E-state index in [0.717, 1.165) is 12.8 Å². The Labute approximate surface area is 334 Å². The van der Waals surface area contributed by atoms with Crippen molar-refractivity contribution in [2.24, 2.45) is 0 Å². The molecule has 0 radical (unpaired) electrons. The number of rotatable bonds is 4. The average molecular weight is 788 g/mol. The molecule has 260 valence electrons. The molecule has 0 amide bonds.